The summed E-state index contributed by atoms with van der Waals surface area (Å²) in [6.07, 6.45) is -0.0624. The van der Waals surface area contributed by atoms with Crippen LogP contribution in [0.3, 0.4) is 0 Å². The van der Waals surface area contributed by atoms with Crippen molar-refractivity contribution in [1.82, 2.24) is 10.6 Å². The molecule has 0 saturated carbocycles. The van der Waals surface area contributed by atoms with E-state index < -0.39 is 35.2 Å². The zero-order valence-corrected chi connectivity index (χ0v) is 20.7. The van der Waals surface area contributed by atoms with Crippen molar-refractivity contribution in [2.75, 3.05) is 7.11 Å². The highest BCUT2D eigenvalue weighted by Gasteiger charge is 2.38. The number of carbonyl (C=O) groups excluding carboxylic acids is 3. The summed E-state index contributed by atoms with van der Waals surface area (Å²) in [6, 6.07) is 13.0. The van der Waals surface area contributed by atoms with E-state index in [-0.39, 0.29) is 12.3 Å². The predicted octanol–water partition coefficient (Wildman–Crippen LogP) is 4.37. The van der Waals surface area contributed by atoms with Gasteiger partial charge in [-0.1, -0.05) is 56.3 Å². The maximum Gasteiger partial charge on any atom is 0.408 e. The summed E-state index contributed by atoms with van der Waals surface area (Å²) in [5, 5.41) is 7.60. The SMILES string of the molecule is COC(=O)[C@@](C)(Cc1ccc2ccccc2c1)NC(=O)[C@H](CC(C)C)NC(=O)OC(C)(C)C. The quantitative estimate of drug-likeness (QED) is 0.576. The van der Waals surface area contributed by atoms with E-state index in [2.05, 4.69) is 10.6 Å². The Balaban J connectivity index is 2.26. The maximum atomic E-state index is 13.2. The summed E-state index contributed by atoms with van der Waals surface area (Å²) in [6.45, 7) is 10.8. The minimum Gasteiger partial charge on any atom is -0.467 e. The normalized spacial score (nSPS) is 14.3. The number of carbonyl (C=O) groups is 3. The van der Waals surface area contributed by atoms with Crippen molar-refractivity contribution in [3.63, 3.8) is 0 Å². The van der Waals surface area contributed by atoms with Gasteiger partial charge < -0.3 is 20.1 Å². The average molecular weight is 457 g/mol. The highest BCUT2D eigenvalue weighted by Crippen LogP contribution is 2.21. The number of nitrogens with one attached hydrogen (secondary N) is 2. The number of fused-ring (bicyclic) bond motifs is 1. The molecule has 2 aromatic carbocycles. The first-order valence-electron chi connectivity index (χ1n) is 11.2. The highest BCUT2D eigenvalue weighted by molar-refractivity contribution is 5.92. The molecule has 2 atom stereocenters. The lowest BCUT2D eigenvalue weighted by atomic mass is 9.90. The third-order valence-electron chi connectivity index (χ3n) is 5.12. The number of alkyl carbamates (subject to hydrolysis) is 1. The third kappa shape index (κ3) is 7.77. The molecule has 7 nitrogen and oxygen atoms in total. The van der Waals surface area contributed by atoms with Crippen molar-refractivity contribution in [2.24, 2.45) is 5.92 Å². The lowest BCUT2D eigenvalue weighted by Crippen LogP contribution is -2.59. The topological polar surface area (TPSA) is 93.7 Å². The fourth-order valence-electron chi connectivity index (χ4n) is 3.66. The molecule has 2 aromatic rings. The van der Waals surface area contributed by atoms with Crippen molar-refractivity contribution >= 4 is 28.7 Å². The number of hydrogen-bond acceptors (Lipinski definition) is 5. The van der Waals surface area contributed by atoms with Crippen LogP contribution in [0.4, 0.5) is 4.79 Å². The minimum absolute atomic E-state index is 0.126. The Morgan fingerprint density at radius 3 is 2.18 bits per heavy atom. The highest BCUT2D eigenvalue weighted by atomic mass is 16.6. The third-order valence-corrected chi connectivity index (χ3v) is 5.12. The largest absolute Gasteiger partial charge is 0.467 e. The molecule has 0 heterocycles. The summed E-state index contributed by atoms with van der Waals surface area (Å²) in [5.41, 5.74) is -1.14. The molecule has 0 aliphatic heterocycles. The Labute approximate surface area is 196 Å². The van der Waals surface area contributed by atoms with Gasteiger partial charge in [0.2, 0.25) is 5.91 Å². The van der Waals surface area contributed by atoms with Crippen LogP contribution in [0, 0.1) is 5.92 Å². The van der Waals surface area contributed by atoms with Crippen LogP contribution in [0.2, 0.25) is 0 Å². The smallest absolute Gasteiger partial charge is 0.408 e. The summed E-state index contributed by atoms with van der Waals surface area (Å²) >= 11 is 0. The van der Waals surface area contributed by atoms with Crippen molar-refractivity contribution in [3.8, 4) is 0 Å². The predicted molar refractivity (Wildman–Crippen MR) is 129 cm³/mol. The van der Waals surface area contributed by atoms with Gasteiger partial charge in [0, 0.05) is 6.42 Å². The van der Waals surface area contributed by atoms with Gasteiger partial charge in [-0.15, -0.1) is 0 Å². The zero-order valence-electron chi connectivity index (χ0n) is 20.7. The molecule has 0 bridgehead atoms. The standard InChI is InChI=1S/C26H36N2O5/c1-17(2)14-21(27-24(31)33-25(3,4)5)22(29)28-26(6,23(30)32-7)16-18-12-13-19-10-8-9-11-20(19)15-18/h8-13,15,17,21H,14,16H2,1-7H3,(H,27,31)(H,28,29)/t21-,26+/m0/s1. The first-order valence-corrected chi connectivity index (χ1v) is 11.2. The Morgan fingerprint density at radius 1 is 0.970 bits per heavy atom. The number of hydrogen-bond donors (Lipinski definition) is 2. The Hall–Kier alpha value is -3.09. The molecule has 0 saturated heterocycles. The summed E-state index contributed by atoms with van der Waals surface area (Å²) in [4.78, 5) is 38.3. The van der Waals surface area contributed by atoms with Gasteiger partial charge in [-0.05, 0) is 56.4 Å². The molecular formula is C26H36N2O5. The molecule has 2 amide bonds. The fraction of sp³-hybridized carbons (Fsp3) is 0.500. The molecule has 33 heavy (non-hydrogen) atoms. The van der Waals surface area contributed by atoms with Crippen LogP contribution in [0.5, 0.6) is 0 Å². The lowest BCUT2D eigenvalue weighted by molar-refractivity contribution is -0.150. The average Bonchev–Trinajstić information content (AvgIpc) is 2.70. The molecular weight excluding hydrogens is 420 g/mol. The van der Waals surface area contributed by atoms with Crippen LogP contribution in [0.1, 0.15) is 53.5 Å². The molecule has 0 fully saturated rings. The number of amides is 2. The molecule has 0 spiro atoms. The Kier molecular flexibility index (Phi) is 8.47. The van der Waals surface area contributed by atoms with Gasteiger partial charge in [-0.25, -0.2) is 9.59 Å². The molecule has 0 aliphatic rings. The van der Waals surface area contributed by atoms with Gasteiger partial charge in [0.25, 0.3) is 0 Å². The van der Waals surface area contributed by atoms with E-state index in [1.54, 1.807) is 27.7 Å². The summed E-state index contributed by atoms with van der Waals surface area (Å²) < 4.78 is 10.3. The van der Waals surface area contributed by atoms with E-state index in [9.17, 15) is 14.4 Å². The van der Waals surface area contributed by atoms with E-state index in [4.69, 9.17) is 9.47 Å². The number of benzene rings is 2. The molecule has 0 unspecified atom stereocenters. The van der Waals surface area contributed by atoms with Gasteiger partial charge in [-0.3, -0.25) is 4.79 Å². The second-order valence-electron chi connectivity index (χ2n) is 10.00. The zero-order chi connectivity index (χ0) is 24.8. The number of ether oxygens (including phenoxy) is 2. The molecule has 0 radical (unpaired) electrons. The summed E-state index contributed by atoms with van der Waals surface area (Å²) in [7, 11) is 1.29. The maximum absolute atomic E-state index is 13.2. The van der Waals surface area contributed by atoms with E-state index in [1.165, 1.54) is 7.11 Å². The fourth-order valence-corrected chi connectivity index (χ4v) is 3.66. The molecule has 2 rings (SSSR count). The van der Waals surface area contributed by atoms with Gasteiger partial charge in [0.1, 0.15) is 17.2 Å². The van der Waals surface area contributed by atoms with Crippen LogP contribution in [-0.2, 0) is 25.5 Å². The molecule has 0 aliphatic carbocycles. The van der Waals surface area contributed by atoms with Crippen LogP contribution < -0.4 is 10.6 Å². The number of esters is 1. The number of methoxy groups -OCH3 is 1. The van der Waals surface area contributed by atoms with Crippen molar-refractivity contribution < 1.29 is 23.9 Å². The van der Waals surface area contributed by atoms with E-state index in [1.807, 2.05) is 56.3 Å². The molecule has 180 valence electrons. The van der Waals surface area contributed by atoms with E-state index in [0.29, 0.717) is 6.42 Å². The van der Waals surface area contributed by atoms with Crippen LogP contribution >= 0.6 is 0 Å². The molecule has 0 aromatic heterocycles. The Bertz CT molecular complexity index is 996. The van der Waals surface area contributed by atoms with Gasteiger partial charge in [0.05, 0.1) is 7.11 Å². The minimum atomic E-state index is -1.32. The van der Waals surface area contributed by atoms with Gasteiger partial charge in [-0.2, -0.15) is 0 Å². The van der Waals surface area contributed by atoms with Crippen molar-refractivity contribution in [2.45, 2.75) is 71.6 Å². The van der Waals surface area contributed by atoms with Crippen LogP contribution in [0.25, 0.3) is 10.8 Å². The first kappa shape index (κ1) is 26.2. The molecule has 7 heteroatoms. The molecule has 2 N–H and O–H groups in total. The second-order valence-corrected chi connectivity index (χ2v) is 10.00. The summed E-state index contributed by atoms with van der Waals surface area (Å²) in [5.74, 6) is -0.909. The van der Waals surface area contributed by atoms with Gasteiger partial charge in [0.15, 0.2) is 0 Å². The monoisotopic (exact) mass is 456 g/mol. The second kappa shape index (κ2) is 10.7. The van der Waals surface area contributed by atoms with Crippen molar-refractivity contribution in [3.05, 3.63) is 48.0 Å². The van der Waals surface area contributed by atoms with Crippen LogP contribution in [0.15, 0.2) is 42.5 Å². The van der Waals surface area contributed by atoms with E-state index in [0.717, 1.165) is 16.3 Å². The van der Waals surface area contributed by atoms with Crippen LogP contribution in [-0.4, -0.2) is 42.3 Å². The van der Waals surface area contributed by atoms with Crippen molar-refractivity contribution in [1.29, 1.82) is 0 Å². The first-order chi connectivity index (χ1) is 15.3. The number of rotatable bonds is 8. The Morgan fingerprint density at radius 2 is 1.61 bits per heavy atom. The lowest BCUT2D eigenvalue weighted by Gasteiger charge is -2.31. The van der Waals surface area contributed by atoms with E-state index >= 15 is 0 Å². The van der Waals surface area contributed by atoms with Gasteiger partial charge >= 0.3 is 12.1 Å².